The third-order valence-corrected chi connectivity index (χ3v) is 4.11. The third-order valence-electron chi connectivity index (χ3n) is 4.11. The van der Waals surface area contributed by atoms with E-state index in [1.165, 1.54) is 10.9 Å². The van der Waals surface area contributed by atoms with Gasteiger partial charge in [-0.2, -0.15) is 0 Å². The Morgan fingerprint density at radius 3 is 3.05 bits per heavy atom. The van der Waals surface area contributed by atoms with Gasteiger partial charge in [-0.15, -0.1) is 0 Å². The van der Waals surface area contributed by atoms with Gasteiger partial charge in [0.15, 0.2) is 0 Å². The maximum atomic E-state index is 11.4. The molecule has 19 heavy (non-hydrogen) atoms. The second-order valence-corrected chi connectivity index (χ2v) is 5.38. The van der Waals surface area contributed by atoms with Gasteiger partial charge in [0.2, 0.25) is 0 Å². The SMILES string of the molecule is CC1CCN(Cc2c[nH]c3ccccc23)C1C(=O)O. The Morgan fingerprint density at radius 1 is 1.47 bits per heavy atom. The fraction of sp³-hybridized carbons (Fsp3) is 0.400. The summed E-state index contributed by atoms with van der Waals surface area (Å²) in [7, 11) is 0. The van der Waals surface area contributed by atoms with Gasteiger partial charge in [0.05, 0.1) is 0 Å². The molecule has 4 nitrogen and oxygen atoms in total. The van der Waals surface area contributed by atoms with E-state index in [0.717, 1.165) is 18.5 Å². The lowest BCUT2D eigenvalue weighted by atomic mass is 10.0. The number of nitrogens with one attached hydrogen (secondary N) is 1. The first-order chi connectivity index (χ1) is 9.16. The molecule has 1 aliphatic rings. The number of aromatic nitrogens is 1. The summed E-state index contributed by atoms with van der Waals surface area (Å²) in [6, 6.07) is 7.78. The summed E-state index contributed by atoms with van der Waals surface area (Å²) in [5.74, 6) is -0.479. The highest BCUT2D eigenvalue weighted by molar-refractivity contribution is 5.83. The van der Waals surface area contributed by atoms with Crippen molar-refractivity contribution in [2.45, 2.75) is 25.9 Å². The van der Waals surface area contributed by atoms with Gasteiger partial charge in [0.25, 0.3) is 0 Å². The first kappa shape index (κ1) is 12.2. The van der Waals surface area contributed by atoms with E-state index >= 15 is 0 Å². The van der Waals surface area contributed by atoms with E-state index in [-0.39, 0.29) is 12.0 Å². The standard InChI is InChI=1S/C15H18N2O2/c1-10-6-7-17(14(10)15(18)19)9-11-8-16-13-5-3-2-4-12(11)13/h2-5,8,10,14,16H,6-7,9H2,1H3,(H,18,19). The van der Waals surface area contributed by atoms with Gasteiger partial charge in [-0.3, -0.25) is 9.69 Å². The molecule has 0 spiro atoms. The molecule has 3 rings (SSSR count). The zero-order valence-electron chi connectivity index (χ0n) is 11.0. The van der Waals surface area contributed by atoms with Gasteiger partial charge in [-0.05, 0) is 30.5 Å². The fourth-order valence-electron chi connectivity index (χ4n) is 3.08. The minimum Gasteiger partial charge on any atom is -0.480 e. The van der Waals surface area contributed by atoms with Crippen molar-refractivity contribution < 1.29 is 9.90 Å². The van der Waals surface area contributed by atoms with E-state index in [4.69, 9.17) is 0 Å². The molecule has 2 atom stereocenters. The summed E-state index contributed by atoms with van der Waals surface area (Å²) in [6.07, 6.45) is 2.95. The van der Waals surface area contributed by atoms with Crippen LogP contribution in [0.25, 0.3) is 10.9 Å². The zero-order valence-corrected chi connectivity index (χ0v) is 11.0. The monoisotopic (exact) mass is 258 g/mol. The van der Waals surface area contributed by atoms with Crippen molar-refractivity contribution in [2.75, 3.05) is 6.54 Å². The molecule has 0 aliphatic carbocycles. The van der Waals surface area contributed by atoms with Crippen molar-refractivity contribution in [3.63, 3.8) is 0 Å². The number of rotatable bonds is 3. The predicted molar refractivity (Wildman–Crippen MR) is 73.9 cm³/mol. The van der Waals surface area contributed by atoms with Crippen LogP contribution in [-0.2, 0) is 11.3 Å². The van der Waals surface area contributed by atoms with Crippen LogP contribution in [-0.4, -0.2) is 33.5 Å². The predicted octanol–water partition coefficient (Wildman–Crippen LogP) is 2.46. The minimum atomic E-state index is -0.704. The van der Waals surface area contributed by atoms with Crippen molar-refractivity contribution in [1.82, 2.24) is 9.88 Å². The molecule has 1 saturated heterocycles. The minimum absolute atomic E-state index is 0.225. The number of carboxylic acid groups (broad SMARTS) is 1. The first-order valence-electron chi connectivity index (χ1n) is 6.68. The molecular weight excluding hydrogens is 240 g/mol. The second kappa shape index (κ2) is 4.70. The Labute approximate surface area is 112 Å². The number of nitrogens with zero attached hydrogens (tertiary/aromatic N) is 1. The van der Waals surface area contributed by atoms with Crippen LogP contribution in [0.3, 0.4) is 0 Å². The van der Waals surface area contributed by atoms with Crippen LogP contribution in [0, 0.1) is 5.92 Å². The van der Waals surface area contributed by atoms with Crippen LogP contribution in [0.5, 0.6) is 0 Å². The van der Waals surface area contributed by atoms with Gasteiger partial charge in [-0.1, -0.05) is 25.1 Å². The highest BCUT2D eigenvalue weighted by Crippen LogP contribution is 2.28. The number of hydrogen-bond acceptors (Lipinski definition) is 2. The molecule has 2 N–H and O–H groups in total. The molecule has 2 aromatic rings. The lowest BCUT2D eigenvalue weighted by Crippen LogP contribution is -2.38. The Morgan fingerprint density at radius 2 is 2.26 bits per heavy atom. The second-order valence-electron chi connectivity index (χ2n) is 5.38. The van der Waals surface area contributed by atoms with Crippen molar-refractivity contribution in [1.29, 1.82) is 0 Å². The molecular formula is C15H18N2O2. The molecule has 1 aromatic heterocycles. The van der Waals surface area contributed by atoms with Gasteiger partial charge < -0.3 is 10.1 Å². The molecule has 0 radical (unpaired) electrons. The Kier molecular flexibility index (Phi) is 3.03. The van der Waals surface area contributed by atoms with Crippen LogP contribution >= 0.6 is 0 Å². The van der Waals surface area contributed by atoms with Crippen LogP contribution in [0.15, 0.2) is 30.5 Å². The van der Waals surface area contributed by atoms with Gasteiger partial charge in [0, 0.05) is 23.6 Å². The van der Waals surface area contributed by atoms with Gasteiger partial charge in [0.1, 0.15) is 6.04 Å². The molecule has 1 fully saturated rings. The molecule has 0 bridgehead atoms. The van der Waals surface area contributed by atoms with Crippen molar-refractivity contribution in [3.05, 3.63) is 36.0 Å². The number of benzene rings is 1. The maximum Gasteiger partial charge on any atom is 0.321 e. The molecule has 2 heterocycles. The summed E-state index contributed by atoms with van der Waals surface area (Å²) < 4.78 is 0. The molecule has 2 unspecified atom stereocenters. The Bertz CT molecular complexity index is 605. The number of carboxylic acids is 1. The number of aromatic amines is 1. The van der Waals surface area contributed by atoms with Crippen LogP contribution in [0.1, 0.15) is 18.9 Å². The summed E-state index contributed by atoms with van der Waals surface area (Å²) in [6.45, 7) is 3.58. The van der Waals surface area contributed by atoms with E-state index in [0.29, 0.717) is 6.54 Å². The van der Waals surface area contributed by atoms with Crippen molar-refractivity contribution in [3.8, 4) is 0 Å². The summed E-state index contributed by atoms with van der Waals surface area (Å²) in [5.41, 5.74) is 2.28. The lowest BCUT2D eigenvalue weighted by molar-refractivity contribution is -0.143. The molecule has 1 aliphatic heterocycles. The number of H-pyrrole nitrogens is 1. The highest BCUT2D eigenvalue weighted by atomic mass is 16.4. The maximum absolute atomic E-state index is 11.4. The van der Waals surface area contributed by atoms with E-state index in [9.17, 15) is 9.90 Å². The molecule has 1 aromatic carbocycles. The first-order valence-corrected chi connectivity index (χ1v) is 6.68. The summed E-state index contributed by atoms with van der Waals surface area (Å²) >= 11 is 0. The largest absolute Gasteiger partial charge is 0.480 e. The van der Waals surface area contributed by atoms with E-state index in [1.807, 2.05) is 31.3 Å². The molecule has 100 valence electrons. The Hall–Kier alpha value is -1.81. The molecule has 0 amide bonds. The molecule has 4 heteroatoms. The van der Waals surface area contributed by atoms with E-state index in [1.54, 1.807) is 0 Å². The van der Waals surface area contributed by atoms with Gasteiger partial charge in [-0.25, -0.2) is 0 Å². The highest BCUT2D eigenvalue weighted by Gasteiger charge is 2.36. The average molecular weight is 258 g/mol. The topological polar surface area (TPSA) is 56.3 Å². The van der Waals surface area contributed by atoms with Crippen molar-refractivity contribution in [2.24, 2.45) is 5.92 Å². The number of hydrogen-bond donors (Lipinski definition) is 2. The number of para-hydroxylation sites is 1. The van der Waals surface area contributed by atoms with Crippen molar-refractivity contribution >= 4 is 16.9 Å². The molecule has 0 saturated carbocycles. The van der Waals surface area contributed by atoms with E-state index < -0.39 is 5.97 Å². The summed E-state index contributed by atoms with van der Waals surface area (Å²) in [4.78, 5) is 16.7. The van der Waals surface area contributed by atoms with E-state index in [2.05, 4.69) is 16.0 Å². The number of fused-ring (bicyclic) bond motifs is 1. The smallest absolute Gasteiger partial charge is 0.321 e. The lowest BCUT2D eigenvalue weighted by Gasteiger charge is -2.22. The average Bonchev–Trinajstić information content (AvgIpc) is 2.95. The fourth-order valence-corrected chi connectivity index (χ4v) is 3.08. The van der Waals surface area contributed by atoms with Crippen LogP contribution < -0.4 is 0 Å². The third kappa shape index (κ3) is 2.12. The number of aliphatic carboxylic acids is 1. The quantitative estimate of drug-likeness (QED) is 0.889. The zero-order chi connectivity index (χ0) is 13.4. The normalized spacial score (nSPS) is 24.1. The Balaban J connectivity index is 1.87. The number of likely N-dealkylation sites (tertiary alicyclic amines) is 1. The van der Waals surface area contributed by atoms with Gasteiger partial charge >= 0.3 is 5.97 Å². The number of carbonyl (C=O) groups is 1. The summed E-state index contributed by atoms with van der Waals surface area (Å²) in [5, 5.41) is 10.5. The van der Waals surface area contributed by atoms with Crippen LogP contribution in [0.4, 0.5) is 0 Å². The van der Waals surface area contributed by atoms with Crippen LogP contribution in [0.2, 0.25) is 0 Å².